The van der Waals surface area contributed by atoms with E-state index in [0.29, 0.717) is 44.6 Å². The van der Waals surface area contributed by atoms with Crippen molar-refractivity contribution < 1.29 is 13.2 Å². The number of likely N-dealkylation sites (tertiary alicyclic amines) is 1. The van der Waals surface area contributed by atoms with Crippen molar-refractivity contribution in [1.82, 2.24) is 19.2 Å². The Bertz CT molecular complexity index is 905. The minimum Gasteiger partial charge on any atom is -0.339 e. The van der Waals surface area contributed by atoms with Gasteiger partial charge in [-0.25, -0.2) is 8.42 Å². The molecule has 7 nitrogen and oxygen atoms in total. The first-order valence-electron chi connectivity index (χ1n) is 9.13. The van der Waals surface area contributed by atoms with Crippen LogP contribution in [0.5, 0.6) is 0 Å². The number of pyridine rings is 2. The van der Waals surface area contributed by atoms with Crippen LogP contribution in [0.4, 0.5) is 0 Å². The van der Waals surface area contributed by atoms with Crippen LogP contribution in [0.2, 0.25) is 0 Å². The van der Waals surface area contributed by atoms with Gasteiger partial charge in [-0.3, -0.25) is 14.8 Å². The van der Waals surface area contributed by atoms with Gasteiger partial charge in [0.15, 0.2) is 0 Å². The summed E-state index contributed by atoms with van der Waals surface area (Å²) in [5.74, 6) is 0.00971. The Labute approximate surface area is 159 Å². The van der Waals surface area contributed by atoms with Crippen LogP contribution < -0.4 is 0 Å². The highest BCUT2D eigenvalue weighted by molar-refractivity contribution is 7.90. The van der Waals surface area contributed by atoms with E-state index in [1.807, 2.05) is 12.1 Å². The zero-order valence-electron chi connectivity index (χ0n) is 14.9. The third-order valence-corrected chi connectivity index (χ3v) is 7.87. The summed E-state index contributed by atoms with van der Waals surface area (Å²) in [6.45, 7) is 1.95. The lowest BCUT2D eigenvalue weighted by Gasteiger charge is -2.22. The molecule has 27 heavy (non-hydrogen) atoms. The van der Waals surface area contributed by atoms with E-state index in [1.165, 1.54) is 0 Å². The minimum absolute atomic E-state index is 0.0524. The molecule has 8 heteroatoms. The predicted molar refractivity (Wildman–Crippen MR) is 100 cm³/mol. The lowest BCUT2D eigenvalue weighted by Crippen LogP contribution is -2.34. The molecule has 0 aliphatic carbocycles. The number of rotatable bonds is 3. The molecule has 0 unspecified atom stereocenters. The zero-order valence-corrected chi connectivity index (χ0v) is 15.8. The molecule has 2 aliphatic heterocycles. The lowest BCUT2D eigenvalue weighted by atomic mass is 10.0. The Morgan fingerprint density at radius 3 is 2.33 bits per heavy atom. The fourth-order valence-electron chi connectivity index (χ4n) is 4.02. The second kappa shape index (κ2) is 7.36. The Balaban J connectivity index is 1.46. The van der Waals surface area contributed by atoms with Gasteiger partial charge in [0, 0.05) is 56.5 Å². The van der Waals surface area contributed by atoms with Crippen LogP contribution >= 0.6 is 0 Å². The van der Waals surface area contributed by atoms with Gasteiger partial charge in [0.1, 0.15) is 0 Å². The molecule has 142 valence electrons. The number of aromatic nitrogens is 2. The number of hydrogen-bond acceptors (Lipinski definition) is 5. The quantitative estimate of drug-likeness (QED) is 0.799. The first-order chi connectivity index (χ1) is 13.1. The highest BCUT2D eigenvalue weighted by Crippen LogP contribution is 2.35. The average molecular weight is 386 g/mol. The fourth-order valence-corrected chi connectivity index (χ4v) is 6.25. The van der Waals surface area contributed by atoms with Crippen molar-refractivity contribution in [2.75, 3.05) is 19.6 Å². The van der Waals surface area contributed by atoms with Crippen LogP contribution in [0.1, 0.15) is 28.8 Å². The molecule has 2 fully saturated rings. The highest BCUT2D eigenvalue weighted by atomic mass is 32.2. The lowest BCUT2D eigenvalue weighted by molar-refractivity contribution is 0.0759. The van der Waals surface area contributed by atoms with Gasteiger partial charge in [0.05, 0.1) is 5.25 Å². The summed E-state index contributed by atoms with van der Waals surface area (Å²) in [6, 6.07) is 7.08. The molecular formula is C19H22N4O3S. The van der Waals surface area contributed by atoms with Crippen molar-refractivity contribution in [3.05, 3.63) is 60.2 Å². The number of amides is 1. The van der Waals surface area contributed by atoms with Crippen molar-refractivity contribution in [2.45, 2.75) is 24.6 Å². The van der Waals surface area contributed by atoms with Crippen molar-refractivity contribution in [3.8, 4) is 0 Å². The number of nitrogens with zero attached hydrogens (tertiary/aromatic N) is 4. The molecule has 2 saturated heterocycles. The van der Waals surface area contributed by atoms with Crippen molar-refractivity contribution in [1.29, 1.82) is 0 Å². The molecule has 2 aromatic rings. The summed E-state index contributed by atoms with van der Waals surface area (Å²) in [6.07, 6.45) is 7.74. The van der Waals surface area contributed by atoms with Crippen molar-refractivity contribution in [2.24, 2.45) is 5.92 Å². The molecular weight excluding hydrogens is 364 g/mol. The molecule has 0 saturated carbocycles. The number of carbonyl (C=O) groups is 1. The van der Waals surface area contributed by atoms with Crippen LogP contribution in [0.3, 0.4) is 0 Å². The maximum atomic E-state index is 13.0. The molecule has 2 aliphatic rings. The summed E-state index contributed by atoms with van der Waals surface area (Å²) in [4.78, 5) is 22.4. The highest BCUT2D eigenvalue weighted by Gasteiger charge is 2.47. The van der Waals surface area contributed by atoms with E-state index in [-0.39, 0.29) is 11.8 Å². The maximum absolute atomic E-state index is 13.0. The van der Waals surface area contributed by atoms with E-state index < -0.39 is 15.3 Å². The van der Waals surface area contributed by atoms with Crippen LogP contribution in [-0.2, 0) is 16.6 Å². The first-order valence-corrected chi connectivity index (χ1v) is 10.6. The topological polar surface area (TPSA) is 83.5 Å². The Hall–Kier alpha value is -2.32. The van der Waals surface area contributed by atoms with E-state index in [9.17, 15) is 13.2 Å². The summed E-state index contributed by atoms with van der Waals surface area (Å²) in [5, 5.41) is -0.408. The molecule has 0 radical (unpaired) electrons. The average Bonchev–Trinajstić information content (AvgIpc) is 2.83. The van der Waals surface area contributed by atoms with Gasteiger partial charge in [0.2, 0.25) is 10.0 Å². The smallest absolute Gasteiger partial charge is 0.253 e. The minimum atomic E-state index is -3.36. The monoisotopic (exact) mass is 386 g/mol. The second-order valence-electron chi connectivity index (χ2n) is 7.10. The number of hydrogen-bond donors (Lipinski definition) is 0. The van der Waals surface area contributed by atoms with Crippen LogP contribution in [-0.4, -0.2) is 58.4 Å². The number of fused-ring (bicyclic) bond motifs is 1. The second-order valence-corrected chi connectivity index (χ2v) is 9.25. The normalized spacial score (nSPS) is 25.0. The molecule has 4 rings (SSSR count). The molecule has 0 spiro atoms. The Morgan fingerprint density at radius 2 is 1.63 bits per heavy atom. The molecule has 0 N–H and O–H groups in total. The summed E-state index contributed by atoms with van der Waals surface area (Å²) in [7, 11) is -3.36. The molecule has 2 aromatic heterocycles. The first kappa shape index (κ1) is 18.1. The van der Waals surface area contributed by atoms with Crippen LogP contribution in [0.15, 0.2) is 49.1 Å². The summed E-state index contributed by atoms with van der Waals surface area (Å²) >= 11 is 0. The standard InChI is InChI=1S/C19H22N4O3S/c24-19(16-3-9-21-10-4-16)22-11-5-17-14-23(13-15-1-7-20-8-2-15)27(25,26)18(17)6-12-22/h1-4,7-10,17-18H,5-6,11-14H2/t17-,18-/m1/s1. The molecule has 4 heterocycles. The van der Waals surface area contributed by atoms with Gasteiger partial charge >= 0.3 is 0 Å². The van der Waals surface area contributed by atoms with Crippen LogP contribution in [0, 0.1) is 5.92 Å². The van der Waals surface area contributed by atoms with Crippen LogP contribution in [0.25, 0.3) is 0 Å². The van der Waals surface area contributed by atoms with E-state index in [0.717, 1.165) is 5.56 Å². The van der Waals surface area contributed by atoms with Gasteiger partial charge in [0.25, 0.3) is 5.91 Å². The molecule has 0 aromatic carbocycles. The third kappa shape index (κ3) is 3.59. The van der Waals surface area contributed by atoms with Gasteiger partial charge in [-0.05, 0) is 48.6 Å². The maximum Gasteiger partial charge on any atom is 0.253 e. The van der Waals surface area contributed by atoms with E-state index in [4.69, 9.17) is 0 Å². The summed E-state index contributed by atoms with van der Waals surface area (Å²) in [5.41, 5.74) is 1.54. The largest absolute Gasteiger partial charge is 0.339 e. The zero-order chi connectivity index (χ0) is 18.9. The number of sulfonamides is 1. The molecule has 1 amide bonds. The van der Waals surface area contributed by atoms with E-state index in [1.54, 1.807) is 46.1 Å². The molecule has 0 bridgehead atoms. The third-order valence-electron chi connectivity index (χ3n) is 5.48. The number of carbonyl (C=O) groups excluding carboxylic acids is 1. The van der Waals surface area contributed by atoms with Gasteiger partial charge < -0.3 is 4.90 Å². The van der Waals surface area contributed by atoms with Gasteiger partial charge in [-0.1, -0.05) is 0 Å². The fraction of sp³-hybridized carbons (Fsp3) is 0.421. The predicted octanol–water partition coefficient (Wildman–Crippen LogP) is 1.54. The van der Waals surface area contributed by atoms with Gasteiger partial charge in [-0.2, -0.15) is 4.31 Å². The van der Waals surface area contributed by atoms with Crippen molar-refractivity contribution >= 4 is 15.9 Å². The van der Waals surface area contributed by atoms with E-state index >= 15 is 0 Å². The van der Waals surface area contributed by atoms with Crippen molar-refractivity contribution in [3.63, 3.8) is 0 Å². The Morgan fingerprint density at radius 1 is 1.00 bits per heavy atom. The Kier molecular flexibility index (Phi) is 4.92. The van der Waals surface area contributed by atoms with E-state index in [2.05, 4.69) is 9.97 Å². The summed E-state index contributed by atoms with van der Waals surface area (Å²) < 4.78 is 27.7. The molecule has 2 atom stereocenters. The van der Waals surface area contributed by atoms with Gasteiger partial charge in [-0.15, -0.1) is 0 Å². The SMILES string of the molecule is O=C(c1ccncc1)N1CC[C@@H]2CN(Cc3ccncc3)S(=O)(=O)[C@@H]2CC1.